The van der Waals surface area contributed by atoms with Gasteiger partial charge in [-0.2, -0.15) is 0 Å². The van der Waals surface area contributed by atoms with Gasteiger partial charge in [0.1, 0.15) is 11.1 Å². The SMILES string of the molecule is CCN(CC)c1ccc2cc(C(=O)NCCCCC(N)C(=O)NC)c(=O)oc2c1. The van der Waals surface area contributed by atoms with Crippen LogP contribution in [-0.2, 0) is 4.79 Å². The summed E-state index contributed by atoms with van der Waals surface area (Å²) in [6.07, 6.45) is 1.88. The first-order valence-corrected chi connectivity index (χ1v) is 9.99. The lowest BCUT2D eigenvalue weighted by atomic mass is 10.1. The third-order valence-electron chi connectivity index (χ3n) is 4.90. The molecule has 0 radical (unpaired) electrons. The Balaban J connectivity index is 1.99. The van der Waals surface area contributed by atoms with Crippen molar-refractivity contribution < 1.29 is 14.0 Å². The Bertz CT molecular complexity index is 905. The van der Waals surface area contributed by atoms with E-state index in [4.69, 9.17) is 10.2 Å². The highest BCUT2D eigenvalue weighted by Gasteiger charge is 2.15. The van der Waals surface area contributed by atoms with E-state index < -0.39 is 17.6 Å². The molecule has 1 aromatic carbocycles. The van der Waals surface area contributed by atoms with Gasteiger partial charge in [0.15, 0.2) is 0 Å². The number of hydrogen-bond donors (Lipinski definition) is 3. The van der Waals surface area contributed by atoms with Crippen molar-refractivity contribution in [1.82, 2.24) is 10.6 Å². The van der Waals surface area contributed by atoms with Crippen LogP contribution in [-0.4, -0.2) is 44.5 Å². The summed E-state index contributed by atoms with van der Waals surface area (Å²) < 4.78 is 5.39. The lowest BCUT2D eigenvalue weighted by molar-refractivity contribution is -0.122. The molecule has 0 saturated heterocycles. The highest BCUT2D eigenvalue weighted by atomic mass is 16.4. The van der Waals surface area contributed by atoms with Crippen LogP contribution in [0.3, 0.4) is 0 Å². The van der Waals surface area contributed by atoms with Gasteiger partial charge in [-0.1, -0.05) is 0 Å². The first-order valence-electron chi connectivity index (χ1n) is 9.99. The molecule has 4 N–H and O–H groups in total. The Kier molecular flexibility index (Phi) is 8.21. The van der Waals surface area contributed by atoms with Crippen LogP contribution in [0.5, 0.6) is 0 Å². The highest BCUT2D eigenvalue weighted by molar-refractivity contribution is 5.97. The minimum atomic E-state index is -0.659. The van der Waals surface area contributed by atoms with E-state index in [2.05, 4.69) is 29.4 Å². The molecule has 0 fully saturated rings. The van der Waals surface area contributed by atoms with E-state index in [1.165, 1.54) is 0 Å². The Morgan fingerprint density at radius 2 is 1.90 bits per heavy atom. The standard InChI is InChI=1S/C21H30N4O4/c1-4-25(5-2)15-10-9-14-12-16(21(28)29-18(14)13-15)19(26)24-11-7-6-8-17(22)20(27)23-3/h9-10,12-13,17H,4-8,11,22H2,1-3H3,(H,23,27)(H,24,26). The summed E-state index contributed by atoms with van der Waals surface area (Å²) in [6, 6.07) is 6.63. The van der Waals surface area contributed by atoms with Crippen molar-refractivity contribution in [3.8, 4) is 0 Å². The number of unbranched alkanes of at least 4 members (excludes halogenated alkanes) is 1. The summed E-state index contributed by atoms with van der Waals surface area (Å²) >= 11 is 0. The van der Waals surface area contributed by atoms with Gasteiger partial charge in [0.05, 0.1) is 6.04 Å². The molecule has 2 aromatic rings. The number of hydrogen-bond acceptors (Lipinski definition) is 6. The summed E-state index contributed by atoms with van der Waals surface area (Å²) in [4.78, 5) is 38.1. The van der Waals surface area contributed by atoms with Crippen LogP contribution in [0.1, 0.15) is 43.5 Å². The number of carbonyl (C=O) groups excluding carboxylic acids is 2. The topological polar surface area (TPSA) is 118 Å². The Hall–Kier alpha value is -2.87. The van der Waals surface area contributed by atoms with Gasteiger partial charge in [0.2, 0.25) is 5.91 Å². The summed E-state index contributed by atoms with van der Waals surface area (Å²) in [6.45, 7) is 6.20. The molecule has 0 saturated carbocycles. The number of nitrogens with zero attached hydrogens (tertiary/aromatic N) is 1. The molecular formula is C21H30N4O4. The van der Waals surface area contributed by atoms with E-state index in [9.17, 15) is 14.4 Å². The number of carbonyl (C=O) groups is 2. The van der Waals surface area contributed by atoms with Gasteiger partial charge < -0.3 is 25.7 Å². The molecule has 8 heteroatoms. The average molecular weight is 402 g/mol. The normalized spacial score (nSPS) is 11.9. The van der Waals surface area contributed by atoms with Crippen molar-refractivity contribution in [3.63, 3.8) is 0 Å². The van der Waals surface area contributed by atoms with Crippen molar-refractivity contribution in [2.45, 2.75) is 39.2 Å². The van der Waals surface area contributed by atoms with Gasteiger partial charge in [-0.25, -0.2) is 4.79 Å². The fourth-order valence-electron chi connectivity index (χ4n) is 3.15. The number of benzene rings is 1. The summed E-state index contributed by atoms with van der Waals surface area (Å²) in [5.41, 5.74) is 6.47. The van der Waals surface area contributed by atoms with Crippen LogP contribution < -0.4 is 26.9 Å². The number of likely N-dealkylation sites (N-methyl/N-ethyl adjacent to an activating group) is 1. The van der Waals surface area contributed by atoms with Gasteiger partial charge in [-0.05, 0) is 51.3 Å². The molecule has 2 rings (SSSR count). The van der Waals surface area contributed by atoms with Crippen LogP contribution in [0, 0.1) is 0 Å². The highest BCUT2D eigenvalue weighted by Crippen LogP contribution is 2.21. The summed E-state index contributed by atoms with van der Waals surface area (Å²) in [5.74, 6) is -0.670. The molecule has 1 unspecified atom stereocenters. The van der Waals surface area contributed by atoms with Gasteiger partial charge in [-0.3, -0.25) is 9.59 Å². The Morgan fingerprint density at radius 3 is 2.55 bits per heavy atom. The number of amides is 2. The van der Waals surface area contributed by atoms with E-state index in [1.54, 1.807) is 13.1 Å². The quantitative estimate of drug-likeness (QED) is 0.411. The molecule has 0 bridgehead atoms. The van der Waals surface area contributed by atoms with Crippen LogP contribution in [0.15, 0.2) is 33.5 Å². The third-order valence-corrected chi connectivity index (χ3v) is 4.90. The molecule has 0 aliphatic carbocycles. The maximum atomic E-state index is 12.4. The lowest BCUT2D eigenvalue weighted by Gasteiger charge is -2.21. The zero-order chi connectivity index (χ0) is 21.4. The monoisotopic (exact) mass is 402 g/mol. The molecule has 0 aliphatic heterocycles. The van der Waals surface area contributed by atoms with Crippen LogP contribution in [0.4, 0.5) is 5.69 Å². The molecule has 8 nitrogen and oxygen atoms in total. The number of nitrogens with two attached hydrogens (primary N) is 1. The number of nitrogens with one attached hydrogen (secondary N) is 2. The molecule has 2 amide bonds. The number of rotatable bonds is 10. The lowest BCUT2D eigenvalue weighted by Crippen LogP contribution is -2.38. The fourth-order valence-corrected chi connectivity index (χ4v) is 3.15. The maximum absolute atomic E-state index is 12.4. The van der Waals surface area contributed by atoms with Gasteiger partial charge in [0.25, 0.3) is 5.91 Å². The summed E-state index contributed by atoms with van der Waals surface area (Å²) in [7, 11) is 1.54. The first-order chi connectivity index (χ1) is 13.9. The maximum Gasteiger partial charge on any atom is 0.349 e. The first kappa shape index (κ1) is 22.4. The molecule has 1 atom stereocenters. The molecule has 0 spiro atoms. The van der Waals surface area contributed by atoms with E-state index in [0.717, 1.165) is 18.8 Å². The van der Waals surface area contributed by atoms with Crippen LogP contribution in [0.25, 0.3) is 11.0 Å². The van der Waals surface area contributed by atoms with E-state index in [-0.39, 0.29) is 11.5 Å². The molecule has 158 valence electrons. The summed E-state index contributed by atoms with van der Waals surface area (Å²) in [5, 5.41) is 5.92. The zero-order valence-electron chi connectivity index (χ0n) is 17.3. The fraction of sp³-hybridized carbons (Fsp3) is 0.476. The van der Waals surface area contributed by atoms with Gasteiger partial charge in [0, 0.05) is 43.8 Å². The van der Waals surface area contributed by atoms with E-state index in [0.29, 0.717) is 36.8 Å². The second-order valence-electron chi connectivity index (χ2n) is 6.81. The van der Waals surface area contributed by atoms with E-state index >= 15 is 0 Å². The Labute approximate surface area is 170 Å². The van der Waals surface area contributed by atoms with Crippen molar-refractivity contribution in [2.24, 2.45) is 5.73 Å². The molecule has 1 heterocycles. The Morgan fingerprint density at radius 1 is 1.17 bits per heavy atom. The molecule has 1 aromatic heterocycles. The average Bonchev–Trinajstić information content (AvgIpc) is 2.72. The molecule has 29 heavy (non-hydrogen) atoms. The van der Waals surface area contributed by atoms with Crippen molar-refractivity contribution in [1.29, 1.82) is 0 Å². The second kappa shape index (κ2) is 10.6. The largest absolute Gasteiger partial charge is 0.422 e. The predicted molar refractivity (Wildman–Crippen MR) is 114 cm³/mol. The third kappa shape index (κ3) is 5.80. The number of fused-ring (bicyclic) bond motifs is 1. The molecular weight excluding hydrogens is 372 g/mol. The number of anilines is 1. The zero-order valence-corrected chi connectivity index (χ0v) is 17.3. The molecule has 0 aliphatic rings. The van der Waals surface area contributed by atoms with Crippen LogP contribution >= 0.6 is 0 Å². The second-order valence-corrected chi connectivity index (χ2v) is 6.81. The van der Waals surface area contributed by atoms with Crippen LogP contribution in [0.2, 0.25) is 0 Å². The van der Waals surface area contributed by atoms with E-state index in [1.807, 2.05) is 18.2 Å². The van der Waals surface area contributed by atoms with Gasteiger partial charge in [-0.15, -0.1) is 0 Å². The van der Waals surface area contributed by atoms with Crippen molar-refractivity contribution in [2.75, 3.05) is 31.6 Å². The van der Waals surface area contributed by atoms with Crippen molar-refractivity contribution in [3.05, 3.63) is 40.2 Å². The van der Waals surface area contributed by atoms with Crippen molar-refractivity contribution >= 4 is 28.5 Å². The smallest absolute Gasteiger partial charge is 0.349 e. The predicted octanol–water partition coefficient (Wildman–Crippen LogP) is 1.61. The minimum Gasteiger partial charge on any atom is -0.422 e. The van der Waals surface area contributed by atoms with Gasteiger partial charge >= 0.3 is 5.63 Å². The minimum absolute atomic E-state index is 0.0184.